The number of benzene rings is 2. The second-order valence-corrected chi connectivity index (χ2v) is 7.70. The van der Waals surface area contributed by atoms with Crippen LogP contribution >= 0.6 is 12.2 Å². The average Bonchev–Trinajstić information content (AvgIpc) is 2.59. The number of thiocarbonyl (C=S) groups is 1. The second kappa shape index (κ2) is 6.21. The summed E-state index contributed by atoms with van der Waals surface area (Å²) < 4.78 is 0. The highest BCUT2D eigenvalue weighted by atomic mass is 32.1. The summed E-state index contributed by atoms with van der Waals surface area (Å²) in [4.78, 5) is 0. The van der Waals surface area contributed by atoms with Gasteiger partial charge in [-0.05, 0) is 60.7 Å². The number of fused-ring (bicyclic) bond motifs is 1. The van der Waals surface area contributed by atoms with E-state index in [4.69, 9.17) is 12.2 Å². The monoisotopic (exact) mass is 336 g/mol. The molecule has 3 aliphatic carbocycles. The first-order chi connectivity index (χ1) is 11.6. The van der Waals surface area contributed by atoms with E-state index in [9.17, 15) is 0 Å². The maximum Gasteiger partial charge on any atom is 0.166 e. The van der Waals surface area contributed by atoms with Gasteiger partial charge in [-0.15, -0.1) is 0 Å². The van der Waals surface area contributed by atoms with E-state index in [1.54, 1.807) is 0 Å². The average molecular weight is 337 g/mol. The van der Waals surface area contributed by atoms with E-state index in [1.165, 1.54) is 28.7 Å². The molecule has 0 radical (unpaired) electrons. The van der Waals surface area contributed by atoms with E-state index in [2.05, 4.69) is 73.0 Å². The zero-order chi connectivity index (χ0) is 16.7. The van der Waals surface area contributed by atoms with E-state index in [-0.39, 0.29) is 0 Å². The summed E-state index contributed by atoms with van der Waals surface area (Å²) in [6.07, 6.45) is 1.20. The predicted octanol–water partition coefficient (Wildman–Crippen LogP) is 4.16. The van der Waals surface area contributed by atoms with Crippen molar-refractivity contribution >= 4 is 17.3 Å². The number of hydrogen-bond acceptors (Lipinski definition) is 1. The molecule has 2 aromatic carbocycles. The van der Waals surface area contributed by atoms with Gasteiger partial charge in [0, 0.05) is 24.4 Å². The van der Waals surface area contributed by atoms with Crippen LogP contribution < -0.4 is 10.6 Å². The third kappa shape index (κ3) is 2.61. The Morgan fingerprint density at radius 2 is 1.54 bits per heavy atom. The van der Waals surface area contributed by atoms with Crippen molar-refractivity contribution in [2.75, 3.05) is 6.54 Å². The molecule has 0 heterocycles. The van der Waals surface area contributed by atoms with Crippen LogP contribution in [0.4, 0.5) is 0 Å². The summed E-state index contributed by atoms with van der Waals surface area (Å²) in [5.41, 5.74) is 6.09. The molecule has 0 saturated heterocycles. The van der Waals surface area contributed by atoms with Gasteiger partial charge in [0.05, 0.1) is 0 Å². The molecule has 1 unspecified atom stereocenters. The maximum absolute atomic E-state index is 5.42. The van der Waals surface area contributed by atoms with Gasteiger partial charge in [-0.25, -0.2) is 0 Å². The Balaban J connectivity index is 1.63. The summed E-state index contributed by atoms with van der Waals surface area (Å²) >= 11 is 5.42. The van der Waals surface area contributed by atoms with Crippen LogP contribution in [0.1, 0.15) is 54.4 Å². The summed E-state index contributed by atoms with van der Waals surface area (Å²) in [5.74, 6) is 1.60. The van der Waals surface area contributed by atoms with Gasteiger partial charge >= 0.3 is 0 Å². The highest BCUT2D eigenvalue weighted by Crippen LogP contribution is 2.54. The van der Waals surface area contributed by atoms with Gasteiger partial charge in [0.2, 0.25) is 0 Å². The lowest BCUT2D eigenvalue weighted by Gasteiger charge is -2.45. The molecule has 24 heavy (non-hydrogen) atoms. The summed E-state index contributed by atoms with van der Waals surface area (Å²) in [6.45, 7) is 5.16. The summed E-state index contributed by atoms with van der Waals surface area (Å²) in [7, 11) is 0. The summed E-state index contributed by atoms with van der Waals surface area (Å²) in [6, 6.07) is 18.4. The molecule has 2 nitrogen and oxygen atoms in total. The fourth-order valence-corrected chi connectivity index (χ4v) is 4.82. The van der Waals surface area contributed by atoms with Crippen molar-refractivity contribution < 1.29 is 0 Å². The maximum atomic E-state index is 5.42. The zero-order valence-corrected chi connectivity index (χ0v) is 15.1. The smallest absolute Gasteiger partial charge is 0.166 e. The van der Waals surface area contributed by atoms with Crippen molar-refractivity contribution in [3.63, 3.8) is 0 Å². The standard InChI is InChI=1S/C21H24N2S/c1-13(2)23-21(24)22-12-14-11-19-15-7-3-5-9-17(15)20(14)18-10-6-4-8-16(18)19/h3-10,13-14,19-20H,11-12H2,1-2H3,(H2,22,23,24). The van der Waals surface area contributed by atoms with Crippen LogP contribution in [0.25, 0.3) is 0 Å². The van der Waals surface area contributed by atoms with Crippen molar-refractivity contribution in [1.82, 2.24) is 10.6 Å². The van der Waals surface area contributed by atoms with Crippen molar-refractivity contribution in [3.8, 4) is 0 Å². The van der Waals surface area contributed by atoms with Crippen LogP contribution in [0.2, 0.25) is 0 Å². The van der Waals surface area contributed by atoms with E-state index in [0.717, 1.165) is 11.7 Å². The Kier molecular flexibility index (Phi) is 4.05. The van der Waals surface area contributed by atoms with Crippen molar-refractivity contribution in [2.45, 2.75) is 38.1 Å². The highest BCUT2D eigenvalue weighted by Gasteiger charge is 2.42. The van der Waals surface area contributed by atoms with Crippen LogP contribution in [-0.4, -0.2) is 17.7 Å². The van der Waals surface area contributed by atoms with Crippen molar-refractivity contribution in [2.24, 2.45) is 5.92 Å². The normalized spacial score (nSPS) is 23.5. The quantitative estimate of drug-likeness (QED) is 0.823. The van der Waals surface area contributed by atoms with E-state index >= 15 is 0 Å². The largest absolute Gasteiger partial charge is 0.362 e. The van der Waals surface area contributed by atoms with Crippen LogP contribution in [0, 0.1) is 5.92 Å². The molecule has 1 atom stereocenters. The lowest BCUT2D eigenvalue weighted by Crippen LogP contribution is -2.44. The Morgan fingerprint density at radius 3 is 2.08 bits per heavy atom. The van der Waals surface area contributed by atoms with Crippen LogP contribution in [0.15, 0.2) is 48.5 Å². The predicted molar refractivity (Wildman–Crippen MR) is 104 cm³/mol. The molecule has 3 aliphatic rings. The molecule has 2 aromatic rings. The Bertz CT molecular complexity index is 720. The molecule has 2 bridgehead atoms. The van der Waals surface area contributed by atoms with Crippen LogP contribution in [-0.2, 0) is 0 Å². The molecule has 124 valence electrons. The minimum absolute atomic E-state index is 0.370. The number of rotatable bonds is 3. The third-order valence-corrected chi connectivity index (χ3v) is 5.63. The fourth-order valence-electron chi connectivity index (χ4n) is 4.50. The molecule has 5 rings (SSSR count). The van der Waals surface area contributed by atoms with Gasteiger partial charge in [0.1, 0.15) is 0 Å². The van der Waals surface area contributed by atoms with Gasteiger partial charge in [-0.2, -0.15) is 0 Å². The van der Waals surface area contributed by atoms with Gasteiger partial charge in [-0.1, -0.05) is 48.5 Å². The first-order valence-corrected chi connectivity index (χ1v) is 9.28. The first kappa shape index (κ1) is 15.6. The SMILES string of the molecule is CC(C)NC(=S)NCC1CC2c3ccccc3C1c1ccccc12. The number of hydrogen-bond donors (Lipinski definition) is 2. The first-order valence-electron chi connectivity index (χ1n) is 8.87. The molecular formula is C21H24N2S. The van der Waals surface area contributed by atoms with Gasteiger partial charge in [0.25, 0.3) is 0 Å². The Labute approximate surface area is 149 Å². The third-order valence-electron chi connectivity index (χ3n) is 5.37. The van der Waals surface area contributed by atoms with Crippen LogP contribution in [0.3, 0.4) is 0 Å². The van der Waals surface area contributed by atoms with Crippen LogP contribution in [0.5, 0.6) is 0 Å². The second-order valence-electron chi connectivity index (χ2n) is 7.29. The molecule has 3 heteroatoms. The zero-order valence-electron chi connectivity index (χ0n) is 14.3. The molecule has 0 aromatic heterocycles. The van der Waals surface area contributed by atoms with Crippen molar-refractivity contribution in [1.29, 1.82) is 0 Å². The topological polar surface area (TPSA) is 24.1 Å². The number of nitrogens with one attached hydrogen (secondary N) is 2. The summed E-state index contributed by atoms with van der Waals surface area (Å²) in [5, 5.41) is 7.51. The van der Waals surface area contributed by atoms with Gasteiger partial charge < -0.3 is 10.6 Å². The Hall–Kier alpha value is -1.87. The lowest BCUT2D eigenvalue weighted by atomic mass is 9.59. The minimum Gasteiger partial charge on any atom is -0.362 e. The Morgan fingerprint density at radius 1 is 1.00 bits per heavy atom. The minimum atomic E-state index is 0.370. The molecule has 0 amide bonds. The van der Waals surface area contributed by atoms with Crippen molar-refractivity contribution in [3.05, 3.63) is 70.8 Å². The highest BCUT2D eigenvalue weighted by molar-refractivity contribution is 7.80. The molecular weight excluding hydrogens is 312 g/mol. The molecule has 0 spiro atoms. The molecule has 2 N–H and O–H groups in total. The molecule has 0 aliphatic heterocycles. The van der Waals surface area contributed by atoms with E-state index in [0.29, 0.717) is 23.8 Å². The van der Waals surface area contributed by atoms with Gasteiger partial charge in [-0.3, -0.25) is 0 Å². The van der Waals surface area contributed by atoms with E-state index < -0.39 is 0 Å². The lowest BCUT2D eigenvalue weighted by molar-refractivity contribution is 0.354. The molecule has 0 saturated carbocycles. The fraction of sp³-hybridized carbons (Fsp3) is 0.381. The molecule has 0 fully saturated rings. The van der Waals surface area contributed by atoms with Gasteiger partial charge in [0.15, 0.2) is 5.11 Å². The van der Waals surface area contributed by atoms with E-state index in [1.807, 2.05) is 0 Å².